The molecule has 1 atom stereocenters. The van der Waals surface area contributed by atoms with Crippen molar-refractivity contribution in [2.45, 2.75) is 31.7 Å². The first-order valence-corrected chi connectivity index (χ1v) is 7.76. The Morgan fingerprint density at radius 1 is 1.33 bits per heavy atom. The van der Waals surface area contributed by atoms with Crippen LogP contribution < -0.4 is 5.32 Å². The Kier molecular flexibility index (Phi) is 3.95. The lowest BCUT2D eigenvalue weighted by Gasteiger charge is -2.48. The molecular weight excluding hydrogens is 307 g/mol. The highest BCUT2D eigenvalue weighted by Crippen LogP contribution is 2.51. The smallest absolute Gasteiger partial charge is 0.0555 e. The van der Waals surface area contributed by atoms with E-state index in [9.17, 15) is 5.11 Å². The molecule has 3 N–H and O–H groups in total. The van der Waals surface area contributed by atoms with E-state index in [-0.39, 0.29) is 30.5 Å². The number of aromatic amines is 1. The topological polar surface area (TPSA) is 48.0 Å². The summed E-state index contributed by atoms with van der Waals surface area (Å²) in [6.07, 6.45) is 4.46. The van der Waals surface area contributed by atoms with E-state index in [1.807, 2.05) is 6.07 Å². The van der Waals surface area contributed by atoms with Gasteiger partial charge < -0.3 is 15.4 Å². The number of benzene rings is 1. The van der Waals surface area contributed by atoms with E-state index in [0.29, 0.717) is 0 Å². The van der Waals surface area contributed by atoms with Gasteiger partial charge in [0.15, 0.2) is 0 Å². The molecule has 5 heteroatoms. The predicted molar refractivity (Wildman–Crippen MR) is 88.4 cm³/mol. The van der Waals surface area contributed by atoms with Crippen molar-refractivity contribution in [2.75, 3.05) is 13.2 Å². The van der Waals surface area contributed by atoms with Gasteiger partial charge in [0.25, 0.3) is 0 Å². The molecule has 0 spiro atoms. The van der Waals surface area contributed by atoms with Crippen LogP contribution in [0.2, 0.25) is 5.02 Å². The second-order valence-electron chi connectivity index (χ2n) is 6.22. The van der Waals surface area contributed by atoms with Gasteiger partial charge in [0.1, 0.15) is 0 Å². The zero-order valence-electron chi connectivity index (χ0n) is 11.8. The number of fused-ring (bicyclic) bond motifs is 3. The number of aliphatic hydroxyl groups excluding tert-OH is 1. The first-order valence-electron chi connectivity index (χ1n) is 7.38. The summed E-state index contributed by atoms with van der Waals surface area (Å²) in [5, 5.41) is 15.5. The van der Waals surface area contributed by atoms with Crippen molar-refractivity contribution >= 4 is 34.9 Å². The highest BCUT2D eigenvalue weighted by atomic mass is 35.5. The molecule has 1 unspecified atom stereocenters. The standard InChI is InChI=1S/C16H19ClN2O.ClH/c17-10-2-3-13-12(8-10)11-4-7-18-15(14(11)19-13)16(9-20)5-1-6-16;/h2-3,8,15,18-20H,1,4-7,9H2;1H. The van der Waals surface area contributed by atoms with Crippen molar-refractivity contribution in [2.24, 2.45) is 5.41 Å². The van der Waals surface area contributed by atoms with E-state index in [1.165, 1.54) is 23.1 Å². The molecule has 21 heavy (non-hydrogen) atoms. The van der Waals surface area contributed by atoms with Gasteiger partial charge in [-0.3, -0.25) is 0 Å². The van der Waals surface area contributed by atoms with Crippen molar-refractivity contribution in [3.05, 3.63) is 34.5 Å². The minimum absolute atomic E-state index is 0. The fourth-order valence-electron chi connectivity index (χ4n) is 3.89. The number of aromatic nitrogens is 1. The maximum Gasteiger partial charge on any atom is 0.0555 e. The van der Waals surface area contributed by atoms with E-state index >= 15 is 0 Å². The van der Waals surface area contributed by atoms with Crippen LogP contribution in [0.25, 0.3) is 10.9 Å². The molecule has 1 fully saturated rings. The first-order chi connectivity index (χ1) is 9.73. The SMILES string of the molecule is Cl.OCC1(C2NCCc3c2[nH]c2ccc(Cl)cc32)CCC1. The Labute approximate surface area is 135 Å². The number of hydrogen-bond acceptors (Lipinski definition) is 2. The predicted octanol–water partition coefficient (Wildman–Crippen LogP) is 3.59. The molecule has 0 bridgehead atoms. The van der Waals surface area contributed by atoms with Gasteiger partial charge in [-0.25, -0.2) is 0 Å². The summed E-state index contributed by atoms with van der Waals surface area (Å²) in [6, 6.07) is 6.29. The van der Waals surface area contributed by atoms with Gasteiger partial charge >= 0.3 is 0 Å². The fraction of sp³-hybridized carbons (Fsp3) is 0.500. The average molecular weight is 327 g/mol. The van der Waals surface area contributed by atoms with E-state index in [1.54, 1.807) is 0 Å². The van der Waals surface area contributed by atoms with E-state index in [0.717, 1.165) is 36.3 Å². The highest BCUT2D eigenvalue weighted by molar-refractivity contribution is 6.31. The van der Waals surface area contributed by atoms with Crippen LogP contribution in [0.15, 0.2) is 18.2 Å². The lowest BCUT2D eigenvalue weighted by molar-refractivity contribution is 0.00214. The van der Waals surface area contributed by atoms with Crippen LogP contribution in [0.4, 0.5) is 0 Å². The van der Waals surface area contributed by atoms with Crippen LogP contribution in [0, 0.1) is 5.41 Å². The van der Waals surface area contributed by atoms with Crippen molar-refractivity contribution < 1.29 is 5.11 Å². The molecule has 114 valence electrons. The van der Waals surface area contributed by atoms with E-state index < -0.39 is 0 Å². The first kappa shape index (κ1) is 15.2. The molecule has 0 amide bonds. The summed E-state index contributed by atoms with van der Waals surface area (Å²) in [7, 11) is 0. The number of nitrogens with one attached hydrogen (secondary N) is 2. The monoisotopic (exact) mass is 326 g/mol. The molecule has 1 aliphatic heterocycles. The van der Waals surface area contributed by atoms with Crippen LogP contribution in [-0.4, -0.2) is 23.2 Å². The summed E-state index contributed by atoms with van der Waals surface area (Å²) < 4.78 is 0. The van der Waals surface area contributed by atoms with Crippen LogP contribution in [-0.2, 0) is 6.42 Å². The van der Waals surface area contributed by atoms with Gasteiger partial charge in [0, 0.05) is 27.0 Å². The Morgan fingerprint density at radius 2 is 2.14 bits per heavy atom. The normalized spacial score (nSPS) is 23.2. The van der Waals surface area contributed by atoms with Crippen molar-refractivity contribution in [3.63, 3.8) is 0 Å². The van der Waals surface area contributed by atoms with Gasteiger partial charge in [-0.15, -0.1) is 12.4 Å². The van der Waals surface area contributed by atoms with Gasteiger partial charge in [-0.1, -0.05) is 18.0 Å². The molecule has 0 saturated heterocycles. The summed E-state index contributed by atoms with van der Waals surface area (Å²) in [6.45, 7) is 1.24. The van der Waals surface area contributed by atoms with Gasteiger partial charge in [-0.2, -0.15) is 0 Å². The van der Waals surface area contributed by atoms with E-state index in [2.05, 4.69) is 22.4 Å². The van der Waals surface area contributed by atoms with Crippen LogP contribution in [0.5, 0.6) is 0 Å². The fourth-order valence-corrected chi connectivity index (χ4v) is 4.06. The second-order valence-corrected chi connectivity index (χ2v) is 6.65. The summed E-state index contributed by atoms with van der Waals surface area (Å²) in [4.78, 5) is 3.57. The van der Waals surface area contributed by atoms with Gasteiger partial charge in [0.05, 0.1) is 12.6 Å². The zero-order valence-corrected chi connectivity index (χ0v) is 13.4. The third-order valence-corrected chi connectivity index (χ3v) is 5.43. The maximum absolute atomic E-state index is 9.86. The third-order valence-electron chi connectivity index (χ3n) is 5.19. The molecule has 2 aromatic rings. The van der Waals surface area contributed by atoms with Crippen LogP contribution >= 0.6 is 24.0 Å². The lowest BCUT2D eigenvalue weighted by Crippen LogP contribution is -2.48. The molecule has 1 saturated carbocycles. The number of rotatable bonds is 2. The number of H-pyrrole nitrogens is 1. The molecule has 0 radical (unpaired) electrons. The molecule has 1 aliphatic carbocycles. The Balaban J connectivity index is 0.00000132. The third kappa shape index (κ3) is 2.18. The van der Waals surface area contributed by atoms with Crippen LogP contribution in [0.1, 0.15) is 36.6 Å². The largest absolute Gasteiger partial charge is 0.396 e. The Morgan fingerprint density at radius 3 is 2.81 bits per heavy atom. The molecule has 3 nitrogen and oxygen atoms in total. The summed E-state index contributed by atoms with van der Waals surface area (Å²) >= 11 is 6.14. The van der Waals surface area contributed by atoms with E-state index in [4.69, 9.17) is 11.6 Å². The number of hydrogen-bond donors (Lipinski definition) is 3. The average Bonchev–Trinajstić information content (AvgIpc) is 2.77. The maximum atomic E-state index is 9.86. The van der Waals surface area contributed by atoms with Crippen LogP contribution in [0.3, 0.4) is 0 Å². The Hall–Kier alpha value is -0.740. The summed E-state index contributed by atoms with van der Waals surface area (Å²) in [5.74, 6) is 0. The minimum Gasteiger partial charge on any atom is -0.396 e. The molecule has 2 heterocycles. The van der Waals surface area contributed by atoms with Crippen molar-refractivity contribution in [1.29, 1.82) is 0 Å². The molecule has 1 aromatic heterocycles. The van der Waals surface area contributed by atoms with Gasteiger partial charge in [0.2, 0.25) is 0 Å². The number of halogens is 2. The summed E-state index contributed by atoms with van der Waals surface area (Å²) in [5.41, 5.74) is 3.83. The minimum atomic E-state index is 0. The highest BCUT2D eigenvalue weighted by Gasteiger charge is 2.46. The molecule has 2 aliphatic rings. The number of aliphatic hydroxyl groups is 1. The van der Waals surface area contributed by atoms with Crippen molar-refractivity contribution in [3.8, 4) is 0 Å². The second kappa shape index (κ2) is 5.47. The quantitative estimate of drug-likeness (QED) is 0.789. The zero-order chi connectivity index (χ0) is 13.7. The van der Waals surface area contributed by atoms with Gasteiger partial charge in [-0.05, 0) is 49.6 Å². The van der Waals surface area contributed by atoms with Crippen molar-refractivity contribution in [1.82, 2.24) is 10.3 Å². The Bertz CT molecular complexity index is 658. The molecule has 4 rings (SSSR count). The lowest BCUT2D eigenvalue weighted by atomic mass is 9.62. The molecular formula is C16H20Cl2N2O. The molecule has 1 aromatic carbocycles.